The molecule has 9 heteroatoms. The standard InChI is InChI=1S/C17H13F3N2O4/c18-11-6-4-10(5-7-11)17(25)21-8-15(24)26-9-14(23)22-16-12(19)2-1-3-13(16)20/h1-7H,8-9H2,(H,21,25)(H,22,23). The van der Waals surface area contributed by atoms with Crippen LogP contribution < -0.4 is 10.6 Å². The number of hydrogen-bond donors (Lipinski definition) is 2. The molecule has 2 amide bonds. The summed E-state index contributed by atoms with van der Waals surface area (Å²) in [6, 6.07) is 7.66. The Kier molecular flexibility index (Phi) is 6.31. The molecule has 2 aromatic rings. The Hall–Kier alpha value is -3.36. The summed E-state index contributed by atoms with van der Waals surface area (Å²) in [4.78, 5) is 34.8. The molecule has 0 saturated heterocycles. The topological polar surface area (TPSA) is 84.5 Å². The molecule has 0 spiro atoms. The average molecular weight is 366 g/mol. The number of halogens is 3. The van der Waals surface area contributed by atoms with E-state index < -0.39 is 54.1 Å². The number of rotatable bonds is 6. The number of carbonyl (C=O) groups excluding carboxylic acids is 3. The molecule has 6 nitrogen and oxygen atoms in total. The summed E-state index contributed by atoms with van der Waals surface area (Å²) in [5, 5.41) is 4.16. The fourth-order valence-corrected chi connectivity index (χ4v) is 1.85. The van der Waals surface area contributed by atoms with Gasteiger partial charge in [0.05, 0.1) is 0 Å². The van der Waals surface area contributed by atoms with Crippen molar-refractivity contribution in [3.8, 4) is 0 Å². The van der Waals surface area contributed by atoms with Crippen molar-refractivity contribution in [1.29, 1.82) is 0 Å². The van der Waals surface area contributed by atoms with Crippen LogP contribution in [0.2, 0.25) is 0 Å². The highest BCUT2D eigenvalue weighted by molar-refractivity contribution is 5.96. The first-order valence-electron chi connectivity index (χ1n) is 7.30. The van der Waals surface area contributed by atoms with E-state index in [1.54, 1.807) is 0 Å². The Morgan fingerprint density at radius 1 is 0.923 bits per heavy atom. The quantitative estimate of drug-likeness (QED) is 0.766. The third-order valence-corrected chi connectivity index (χ3v) is 3.09. The van der Waals surface area contributed by atoms with Crippen LogP contribution in [-0.4, -0.2) is 30.9 Å². The molecule has 0 aromatic heterocycles. The lowest BCUT2D eigenvalue weighted by atomic mass is 10.2. The lowest BCUT2D eigenvalue weighted by molar-refractivity contribution is -0.146. The zero-order chi connectivity index (χ0) is 19.1. The molecule has 0 bridgehead atoms. The molecular formula is C17H13F3N2O4. The van der Waals surface area contributed by atoms with Crippen molar-refractivity contribution in [2.24, 2.45) is 0 Å². The lowest BCUT2D eigenvalue weighted by Gasteiger charge is -2.09. The number of anilines is 1. The van der Waals surface area contributed by atoms with Crippen LogP contribution in [0, 0.1) is 17.5 Å². The molecule has 136 valence electrons. The van der Waals surface area contributed by atoms with Crippen LogP contribution in [0.15, 0.2) is 42.5 Å². The maximum Gasteiger partial charge on any atom is 0.325 e. The SMILES string of the molecule is O=C(COC(=O)CNC(=O)c1ccc(F)cc1)Nc1c(F)cccc1F. The van der Waals surface area contributed by atoms with Gasteiger partial charge in [0, 0.05) is 5.56 Å². The zero-order valence-electron chi connectivity index (χ0n) is 13.2. The second-order valence-corrected chi connectivity index (χ2v) is 5.00. The van der Waals surface area contributed by atoms with E-state index in [0.717, 1.165) is 30.3 Å². The Labute approximate surface area is 146 Å². The highest BCUT2D eigenvalue weighted by atomic mass is 19.1. The predicted octanol–water partition coefficient (Wildman–Crippen LogP) is 2.02. The summed E-state index contributed by atoms with van der Waals surface area (Å²) < 4.78 is 44.1. The second kappa shape index (κ2) is 8.65. The Morgan fingerprint density at radius 2 is 1.54 bits per heavy atom. The maximum atomic E-state index is 13.4. The van der Waals surface area contributed by atoms with Gasteiger partial charge in [-0.2, -0.15) is 0 Å². The number of hydrogen-bond acceptors (Lipinski definition) is 4. The summed E-state index contributed by atoms with van der Waals surface area (Å²) in [7, 11) is 0. The number of ether oxygens (including phenoxy) is 1. The molecule has 0 aliphatic rings. The van der Waals surface area contributed by atoms with Crippen molar-refractivity contribution in [1.82, 2.24) is 5.32 Å². The first-order valence-corrected chi connectivity index (χ1v) is 7.30. The molecule has 2 N–H and O–H groups in total. The smallest absolute Gasteiger partial charge is 0.325 e. The number of para-hydroxylation sites is 1. The molecule has 0 aliphatic carbocycles. The third kappa shape index (κ3) is 5.33. The number of carbonyl (C=O) groups is 3. The third-order valence-electron chi connectivity index (χ3n) is 3.09. The van der Waals surface area contributed by atoms with Crippen LogP contribution in [0.25, 0.3) is 0 Å². The highest BCUT2D eigenvalue weighted by Gasteiger charge is 2.14. The van der Waals surface area contributed by atoms with Gasteiger partial charge >= 0.3 is 5.97 Å². The van der Waals surface area contributed by atoms with Crippen LogP contribution in [0.1, 0.15) is 10.4 Å². The summed E-state index contributed by atoms with van der Waals surface area (Å²) in [5.41, 5.74) is -0.523. The highest BCUT2D eigenvalue weighted by Crippen LogP contribution is 2.17. The van der Waals surface area contributed by atoms with E-state index in [-0.39, 0.29) is 5.56 Å². The minimum absolute atomic E-state index is 0.131. The molecular weight excluding hydrogens is 353 g/mol. The molecule has 2 rings (SSSR count). The van der Waals surface area contributed by atoms with Gasteiger partial charge in [0.2, 0.25) is 0 Å². The number of esters is 1. The van der Waals surface area contributed by atoms with Gasteiger partial charge in [0.1, 0.15) is 29.7 Å². The van der Waals surface area contributed by atoms with E-state index in [2.05, 4.69) is 10.1 Å². The Bertz CT molecular complexity index is 805. The molecule has 0 heterocycles. The van der Waals surface area contributed by atoms with Gasteiger partial charge in [-0.05, 0) is 36.4 Å². The average Bonchev–Trinajstić information content (AvgIpc) is 2.61. The van der Waals surface area contributed by atoms with Crippen LogP contribution in [0.5, 0.6) is 0 Å². The minimum atomic E-state index is -0.976. The van der Waals surface area contributed by atoms with Gasteiger partial charge in [-0.15, -0.1) is 0 Å². The molecule has 0 atom stereocenters. The molecule has 0 aliphatic heterocycles. The lowest BCUT2D eigenvalue weighted by Crippen LogP contribution is -2.32. The fraction of sp³-hybridized carbons (Fsp3) is 0.118. The summed E-state index contributed by atoms with van der Waals surface area (Å²) >= 11 is 0. The number of nitrogens with one attached hydrogen (secondary N) is 2. The van der Waals surface area contributed by atoms with Gasteiger partial charge in [0.15, 0.2) is 6.61 Å². The first kappa shape index (κ1) is 19.0. The number of benzene rings is 2. The molecule has 0 fully saturated rings. The summed E-state index contributed by atoms with van der Waals surface area (Å²) in [6.45, 7) is -1.34. The van der Waals surface area contributed by atoms with Crippen molar-refractivity contribution < 1.29 is 32.3 Å². The van der Waals surface area contributed by atoms with Gasteiger partial charge in [0.25, 0.3) is 11.8 Å². The largest absolute Gasteiger partial charge is 0.454 e. The minimum Gasteiger partial charge on any atom is -0.454 e. The van der Waals surface area contributed by atoms with E-state index in [9.17, 15) is 27.6 Å². The molecule has 0 radical (unpaired) electrons. The van der Waals surface area contributed by atoms with Gasteiger partial charge in [-0.1, -0.05) is 6.07 Å². The van der Waals surface area contributed by atoms with Crippen LogP contribution in [0.3, 0.4) is 0 Å². The Balaban J connectivity index is 1.77. The van der Waals surface area contributed by atoms with E-state index in [0.29, 0.717) is 0 Å². The normalized spacial score (nSPS) is 10.1. The van der Waals surface area contributed by atoms with Crippen molar-refractivity contribution in [3.05, 3.63) is 65.5 Å². The van der Waals surface area contributed by atoms with Crippen LogP contribution in [-0.2, 0) is 14.3 Å². The Morgan fingerprint density at radius 3 is 2.15 bits per heavy atom. The fourth-order valence-electron chi connectivity index (χ4n) is 1.85. The first-order chi connectivity index (χ1) is 12.4. The van der Waals surface area contributed by atoms with Crippen molar-refractivity contribution in [3.63, 3.8) is 0 Å². The summed E-state index contributed by atoms with van der Waals surface area (Å²) in [5.74, 6) is -5.00. The van der Waals surface area contributed by atoms with E-state index >= 15 is 0 Å². The molecule has 0 unspecified atom stereocenters. The maximum absolute atomic E-state index is 13.4. The van der Waals surface area contributed by atoms with Crippen molar-refractivity contribution >= 4 is 23.5 Å². The molecule has 26 heavy (non-hydrogen) atoms. The van der Waals surface area contributed by atoms with Gasteiger partial charge < -0.3 is 15.4 Å². The number of amides is 2. The second-order valence-electron chi connectivity index (χ2n) is 5.00. The van der Waals surface area contributed by atoms with Crippen LogP contribution in [0.4, 0.5) is 18.9 Å². The molecule has 0 saturated carbocycles. The van der Waals surface area contributed by atoms with Crippen molar-refractivity contribution in [2.75, 3.05) is 18.5 Å². The van der Waals surface area contributed by atoms with E-state index in [1.165, 1.54) is 12.1 Å². The van der Waals surface area contributed by atoms with E-state index in [1.807, 2.05) is 5.32 Å². The monoisotopic (exact) mass is 366 g/mol. The van der Waals surface area contributed by atoms with Crippen molar-refractivity contribution in [2.45, 2.75) is 0 Å². The van der Waals surface area contributed by atoms with Gasteiger partial charge in [-0.25, -0.2) is 13.2 Å². The predicted molar refractivity (Wildman–Crippen MR) is 84.7 cm³/mol. The summed E-state index contributed by atoms with van der Waals surface area (Å²) in [6.07, 6.45) is 0. The van der Waals surface area contributed by atoms with Crippen LogP contribution >= 0.6 is 0 Å². The van der Waals surface area contributed by atoms with Gasteiger partial charge in [-0.3, -0.25) is 14.4 Å². The van der Waals surface area contributed by atoms with E-state index in [4.69, 9.17) is 0 Å². The molecule has 2 aromatic carbocycles. The zero-order valence-corrected chi connectivity index (χ0v) is 13.2.